The molecule has 0 saturated carbocycles. The third kappa shape index (κ3) is 3.87. The molecule has 0 radical (unpaired) electrons. The van der Waals surface area contributed by atoms with Crippen molar-refractivity contribution in [2.45, 2.75) is 19.8 Å². The Morgan fingerprint density at radius 2 is 1.89 bits per heavy atom. The number of rotatable bonds is 7. The lowest BCUT2D eigenvalue weighted by Gasteiger charge is -2.15. The fraction of sp³-hybridized carbons (Fsp3) is 0.273. The van der Waals surface area contributed by atoms with Gasteiger partial charge in [0.25, 0.3) is 0 Å². The van der Waals surface area contributed by atoms with E-state index in [2.05, 4.69) is 17.2 Å². The van der Waals surface area contributed by atoms with E-state index in [9.17, 15) is 4.79 Å². The number of unbranched alkanes of at least 4 members (excludes halogenated alkanes) is 1. The maximum Gasteiger partial charge on any atom is 0.338 e. The van der Waals surface area contributed by atoms with E-state index < -0.39 is 0 Å². The summed E-state index contributed by atoms with van der Waals surface area (Å²) in [4.78, 5) is 17.0. The first kappa shape index (κ1) is 18.7. The Kier molecular flexibility index (Phi) is 5.91. The first-order chi connectivity index (χ1) is 13.2. The van der Waals surface area contributed by atoms with Gasteiger partial charge in [0, 0.05) is 23.7 Å². The van der Waals surface area contributed by atoms with Crippen molar-refractivity contribution in [1.29, 1.82) is 0 Å². The summed E-state index contributed by atoms with van der Waals surface area (Å²) in [5.74, 6) is 1.13. The van der Waals surface area contributed by atoms with Crippen molar-refractivity contribution in [3.05, 3.63) is 54.2 Å². The highest BCUT2D eigenvalue weighted by Crippen LogP contribution is 2.34. The smallest absolute Gasteiger partial charge is 0.338 e. The molecule has 1 N–H and O–H groups in total. The van der Waals surface area contributed by atoms with Gasteiger partial charge >= 0.3 is 5.97 Å². The maximum absolute atomic E-state index is 12.3. The molecule has 0 aliphatic carbocycles. The zero-order valence-electron chi connectivity index (χ0n) is 15.9. The number of aromatic nitrogens is 1. The number of nitrogens with one attached hydrogen (secondary N) is 1. The minimum Gasteiger partial charge on any atom is -0.497 e. The molecule has 0 aliphatic rings. The van der Waals surface area contributed by atoms with Crippen LogP contribution in [0.3, 0.4) is 0 Å². The highest BCUT2D eigenvalue weighted by atomic mass is 16.5. The molecule has 5 heteroatoms. The van der Waals surface area contributed by atoms with Gasteiger partial charge in [0.2, 0.25) is 0 Å². The zero-order chi connectivity index (χ0) is 19.2. The highest BCUT2D eigenvalue weighted by Gasteiger charge is 2.17. The average Bonchev–Trinajstić information content (AvgIpc) is 2.73. The van der Waals surface area contributed by atoms with Crippen LogP contribution >= 0.6 is 0 Å². The van der Waals surface area contributed by atoms with Gasteiger partial charge in [-0.2, -0.15) is 0 Å². The Bertz CT molecular complexity index is 936. The molecule has 0 saturated heterocycles. The Labute approximate surface area is 159 Å². The van der Waals surface area contributed by atoms with Gasteiger partial charge in [-0.25, -0.2) is 9.78 Å². The van der Waals surface area contributed by atoms with Gasteiger partial charge in [0.15, 0.2) is 0 Å². The van der Waals surface area contributed by atoms with Crippen LogP contribution < -0.4 is 10.1 Å². The molecule has 0 spiro atoms. The summed E-state index contributed by atoms with van der Waals surface area (Å²) in [7, 11) is 3.04. The number of hydrogen-bond donors (Lipinski definition) is 1. The summed E-state index contributed by atoms with van der Waals surface area (Å²) >= 11 is 0. The van der Waals surface area contributed by atoms with Crippen molar-refractivity contribution in [2.75, 3.05) is 26.1 Å². The molecule has 0 unspecified atom stereocenters. The number of ether oxygens (including phenoxy) is 2. The predicted molar refractivity (Wildman–Crippen MR) is 108 cm³/mol. The number of carbonyl (C=O) groups excluding carboxylic acids is 1. The van der Waals surface area contributed by atoms with E-state index in [0.29, 0.717) is 11.4 Å². The minimum atomic E-state index is -0.368. The third-order valence-corrected chi connectivity index (χ3v) is 4.54. The Balaban J connectivity index is 2.18. The summed E-state index contributed by atoms with van der Waals surface area (Å²) in [5, 5.41) is 5.11. The lowest BCUT2D eigenvalue weighted by Crippen LogP contribution is -2.08. The quantitative estimate of drug-likeness (QED) is 0.477. The van der Waals surface area contributed by atoms with Gasteiger partial charge in [0.05, 0.1) is 19.8 Å². The number of methoxy groups -OCH3 is 2. The van der Waals surface area contributed by atoms with E-state index >= 15 is 0 Å². The summed E-state index contributed by atoms with van der Waals surface area (Å²) in [6.07, 6.45) is 3.96. The van der Waals surface area contributed by atoms with Gasteiger partial charge in [-0.05, 0) is 35.6 Å². The molecule has 0 fully saturated rings. The molecule has 27 heavy (non-hydrogen) atoms. The van der Waals surface area contributed by atoms with E-state index in [1.54, 1.807) is 13.2 Å². The molecule has 0 amide bonds. The van der Waals surface area contributed by atoms with Crippen LogP contribution in [0.1, 0.15) is 30.1 Å². The Morgan fingerprint density at radius 1 is 1.11 bits per heavy atom. The second kappa shape index (κ2) is 8.54. The van der Waals surface area contributed by atoms with Crippen molar-refractivity contribution >= 4 is 22.6 Å². The minimum absolute atomic E-state index is 0.368. The van der Waals surface area contributed by atoms with Crippen molar-refractivity contribution in [1.82, 2.24) is 4.98 Å². The van der Waals surface area contributed by atoms with Gasteiger partial charge in [-0.15, -0.1) is 0 Å². The standard InChI is InChI=1S/C22H24N2O3/c1-4-5-13-23-21-20-17(7-6-8-18(20)22(25)27-3)19(14-24-21)15-9-11-16(26-2)12-10-15/h6-12,14H,4-5,13H2,1-3H3,(H,23,24). The molecule has 1 heterocycles. The fourth-order valence-corrected chi connectivity index (χ4v) is 3.09. The number of esters is 1. The molecule has 140 valence electrons. The van der Waals surface area contributed by atoms with Crippen LogP contribution in [0.5, 0.6) is 5.75 Å². The van der Waals surface area contributed by atoms with Crippen LogP contribution in [-0.4, -0.2) is 31.7 Å². The van der Waals surface area contributed by atoms with Crippen LogP contribution in [0.25, 0.3) is 21.9 Å². The second-order valence-corrected chi connectivity index (χ2v) is 6.25. The molecule has 3 rings (SSSR count). The molecular formula is C22H24N2O3. The monoisotopic (exact) mass is 364 g/mol. The Morgan fingerprint density at radius 3 is 2.56 bits per heavy atom. The van der Waals surface area contributed by atoms with Crippen molar-refractivity contribution in [3.63, 3.8) is 0 Å². The molecule has 2 aromatic carbocycles. The van der Waals surface area contributed by atoms with Crippen LogP contribution in [0, 0.1) is 0 Å². The summed E-state index contributed by atoms with van der Waals surface area (Å²) < 4.78 is 10.2. The number of pyridine rings is 1. The van der Waals surface area contributed by atoms with Gasteiger partial charge in [0.1, 0.15) is 11.6 Å². The first-order valence-corrected chi connectivity index (χ1v) is 9.08. The average molecular weight is 364 g/mol. The SMILES string of the molecule is CCCCNc1ncc(-c2ccc(OC)cc2)c2cccc(C(=O)OC)c12. The van der Waals surface area contributed by atoms with Crippen LogP contribution in [0.15, 0.2) is 48.7 Å². The van der Waals surface area contributed by atoms with Gasteiger partial charge in [-0.3, -0.25) is 0 Å². The molecule has 3 aromatic rings. The Hall–Kier alpha value is -3.08. The van der Waals surface area contributed by atoms with Gasteiger partial charge in [-0.1, -0.05) is 37.6 Å². The lowest BCUT2D eigenvalue weighted by molar-refractivity contribution is 0.0603. The van der Waals surface area contributed by atoms with Gasteiger partial charge < -0.3 is 14.8 Å². The normalized spacial score (nSPS) is 10.6. The molecule has 0 atom stereocenters. The van der Waals surface area contributed by atoms with E-state index in [1.165, 1.54) is 7.11 Å². The summed E-state index contributed by atoms with van der Waals surface area (Å²) in [6, 6.07) is 13.5. The maximum atomic E-state index is 12.3. The van der Waals surface area contributed by atoms with Crippen molar-refractivity contribution in [2.24, 2.45) is 0 Å². The molecule has 1 aromatic heterocycles. The fourth-order valence-electron chi connectivity index (χ4n) is 3.09. The van der Waals surface area contributed by atoms with E-state index in [0.717, 1.165) is 47.0 Å². The van der Waals surface area contributed by atoms with Crippen LogP contribution in [0.4, 0.5) is 5.82 Å². The predicted octanol–water partition coefficient (Wildman–Crippen LogP) is 4.91. The van der Waals surface area contributed by atoms with Crippen molar-refractivity contribution in [3.8, 4) is 16.9 Å². The topological polar surface area (TPSA) is 60.5 Å². The second-order valence-electron chi connectivity index (χ2n) is 6.25. The van der Waals surface area contributed by atoms with Crippen LogP contribution in [-0.2, 0) is 4.74 Å². The third-order valence-electron chi connectivity index (χ3n) is 4.54. The number of anilines is 1. The van der Waals surface area contributed by atoms with E-state index in [-0.39, 0.29) is 5.97 Å². The zero-order valence-corrected chi connectivity index (χ0v) is 15.9. The van der Waals surface area contributed by atoms with E-state index in [4.69, 9.17) is 9.47 Å². The molecule has 5 nitrogen and oxygen atoms in total. The highest BCUT2D eigenvalue weighted by molar-refractivity contribution is 6.12. The largest absolute Gasteiger partial charge is 0.497 e. The number of carbonyl (C=O) groups is 1. The number of hydrogen-bond acceptors (Lipinski definition) is 5. The molecule has 0 aliphatic heterocycles. The molecular weight excluding hydrogens is 340 g/mol. The number of nitrogens with zero attached hydrogens (tertiary/aromatic N) is 1. The summed E-state index contributed by atoms with van der Waals surface area (Å²) in [6.45, 7) is 2.94. The lowest BCUT2D eigenvalue weighted by atomic mass is 9.97. The number of fused-ring (bicyclic) bond motifs is 1. The van der Waals surface area contributed by atoms with Crippen LogP contribution in [0.2, 0.25) is 0 Å². The van der Waals surface area contributed by atoms with E-state index in [1.807, 2.05) is 42.6 Å². The first-order valence-electron chi connectivity index (χ1n) is 9.08. The van der Waals surface area contributed by atoms with Crippen molar-refractivity contribution < 1.29 is 14.3 Å². The molecule has 0 bridgehead atoms. The number of benzene rings is 2. The summed E-state index contributed by atoms with van der Waals surface area (Å²) in [5.41, 5.74) is 2.48.